The summed E-state index contributed by atoms with van der Waals surface area (Å²) in [4.78, 5) is 18.5. The summed E-state index contributed by atoms with van der Waals surface area (Å²) in [5, 5.41) is 2.53. The quantitative estimate of drug-likeness (QED) is 0.749. The van der Waals surface area contributed by atoms with Crippen LogP contribution in [0.3, 0.4) is 0 Å². The highest BCUT2D eigenvalue weighted by Crippen LogP contribution is 2.24. The van der Waals surface area contributed by atoms with E-state index in [1.54, 1.807) is 0 Å². The van der Waals surface area contributed by atoms with E-state index in [1.807, 2.05) is 11.9 Å². The third-order valence-corrected chi connectivity index (χ3v) is 5.89. The molecule has 1 aliphatic heterocycles. The largest absolute Gasteiger partial charge is 0.496 e. The van der Waals surface area contributed by atoms with Gasteiger partial charge in [0.25, 0.3) is 5.91 Å². The van der Waals surface area contributed by atoms with E-state index in [1.165, 1.54) is 44.4 Å². The maximum atomic E-state index is 13.4. The lowest BCUT2D eigenvalue weighted by molar-refractivity contribution is 0.102. The van der Waals surface area contributed by atoms with Crippen molar-refractivity contribution in [2.75, 3.05) is 32.6 Å². The number of hydrogen-bond acceptors (Lipinski definition) is 6. The summed E-state index contributed by atoms with van der Waals surface area (Å²) in [5.74, 6) is -0.749. The second-order valence-corrected chi connectivity index (χ2v) is 8.33. The topological polar surface area (TPSA) is 101 Å². The number of methoxy groups -OCH3 is 1. The first-order chi connectivity index (χ1) is 13.2. The summed E-state index contributed by atoms with van der Waals surface area (Å²) < 4.78 is 46.3. The van der Waals surface area contributed by atoms with Crippen LogP contribution in [0.1, 0.15) is 16.1 Å². The van der Waals surface area contributed by atoms with Crippen LogP contribution in [0, 0.1) is 12.7 Å². The third-order valence-electron chi connectivity index (χ3n) is 4.37. The Labute approximate surface area is 162 Å². The van der Waals surface area contributed by atoms with Crippen LogP contribution >= 0.6 is 0 Å². The Morgan fingerprint density at radius 3 is 2.61 bits per heavy atom. The molecule has 2 N–H and O–H groups in total. The molecule has 28 heavy (non-hydrogen) atoms. The molecular weight excluding hydrogens is 387 g/mol. The Bertz CT molecular complexity index is 1010. The highest BCUT2D eigenvalue weighted by molar-refractivity contribution is 7.89. The zero-order chi connectivity index (χ0) is 20.5. The van der Waals surface area contributed by atoms with Crippen LogP contribution < -0.4 is 14.8 Å². The van der Waals surface area contributed by atoms with E-state index in [4.69, 9.17) is 4.74 Å². The molecular formula is C18H21FN4O4S. The number of rotatable bonds is 6. The molecule has 1 aromatic carbocycles. The molecule has 150 valence electrons. The first-order valence-electron chi connectivity index (χ1n) is 8.53. The summed E-state index contributed by atoms with van der Waals surface area (Å²) in [6.45, 7) is 2.72. The molecule has 1 aliphatic rings. The lowest BCUT2D eigenvalue weighted by Crippen LogP contribution is -2.57. The molecule has 0 radical (unpaired) electrons. The van der Waals surface area contributed by atoms with Gasteiger partial charge in [-0.2, -0.15) is 0 Å². The van der Waals surface area contributed by atoms with Gasteiger partial charge >= 0.3 is 0 Å². The number of nitrogens with zero attached hydrogens (tertiary/aromatic N) is 2. The van der Waals surface area contributed by atoms with Gasteiger partial charge in [0, 0.05) is 19.1 Å². The maximum absolute atomic E-state index is 13.4. The van der Waals surface area contributed by atoms with Crippen molar-refractivity contribution < 1.29 is 22.3 Å². The fourth-order valence-electron chi connectivity index (χ4n) is 2.89. The molecule has 3 rings (SSSR count). The molecule has 8 nitrogen and oxygen atoms in total. The van der Waals surface area contributed by atoms with Gasteiger partial charge in [0.05, 0.1) is 23.3 Å². The van der Waals surface area contributed by atoms with Crippen molar-refractivity contribution in [2.24, 2.45) is 0 Å². The molecule has 0 bridgehead atoms. The third kappa shape index (κ3) is 4.29. The molecule has 0 saturated carbocycles. The number of ether oxygens (including phenoxy) is 1. The molecule has 2 heterocycles. The van der Waals surface area contributed by atoms with Crippen LogP contribution in [-0.4, -0.2) is 57.5 Å². The van der Waals surface area contributed by atoms with Crippen LogP contribution in [0.15, 0.2) is 35.2 Å². The second-order valence-electron chi connectivity index (χ2n) is 6.62. The molecule has 2 aromatic rings. The summed E-state index contributed by atoms with van der Waals surface area (Å²) in [7, 11) is -0.515. The van der Waals surface area contributed by atoms with Gasteiger partial charge in [0.1, 0.15) is 17.4 Å². The van der Waals surface area contributed by atoms with Gasteiger partial charge in [-0.25, -0.2) is 22.5 Å². The van der Waals surface area contributed by atoms with Gasteiger partial charge in [0.15, 0.2) is 0 Å². The van der Waals surface area contributed by atoms with E-state index in [-0.39, 0.29) is 33.8 Å². The van der Waals surface area contributed by atoms with Crippen molar-refractivity contribution in [3.8, 4) is 5.75 Å². The maximum Gasteiger partial charge on any atom is 0.260 e. The number of hydrogen-bond donors (Lipinski definition) is 2. The minimum absolute atomic E-state index is 0.0277. The average molecular weight is 408 g/mol. The van der Waals surface area contributed by atoms with Crippen molar-refractivity contribution >= 4 is 21.7 Å². The van der Waals surface area contributed by atoms with Crippen molar-refractivity contribution in [1.82, 2.24) is 14.6 Å². The number of aromatic nitrogens is 1. The van der Waals surface area contributed by atoms with Crippen molar-refractivity contribution in [2.45, 2.75) is 17.9 Å². The lowest BCUT2D eigenvalue weighted by Gasteiger charge is -2.36. The smallest absolute Gasteiger partial charge is 0.260 e. The first kappa shape index (κ1) is 20.2. The molecule has 1 fully saturated rings. The van der Waals surface area contributed by atoms with Gasteiger partial charge in [0.2, 0.25) is 10.0 Å². The van der Waals surface area contributed by atoms with Gasteiger partial charge in [-0.05, 0) is 44.3 Å². The number of halogens is 1. The summed E-state index contributed by atoms with van der Waals surface area (Å²) in [6, 6.07) is 6.38. The number of nitrogens with one attached hydrogen (secondary N) is 2. The van der Waals surface area contributed by atoms with Crippen LogP contribution in [-0.2, 0) is 10.0 Å². The van der Waals surface area contributed by atoms with Gasteiger partial charge < -0.3 is 15.0 Å². The van der Waals surface area contributed by atoms with Crippen molar-refractivity contribution in [3.63, 3.8) is 0 Å². The predicted octanol–water partition coefficient (Wildman–Crippen LogP) is 1.38. The van der Waals surface area contributed by atoms with E-state index >= 15 is 0 Å². The van der Waals surface area contributed by atoms with E-state index in [2.05, 4.69) is 15.0 Å². The summed E-state index contributed by atoms with van der Waals surface area (Å²) in [5.41, 5.74) is 0.163. The number of carbonyl (C=O) groups excluding carboxylic acids is 1. The lowest BCUT2D eigenvalue weighted by atomic mass is 10.2. The standard InChI is InChI=1S/C18H21FN4O4S/c1-11-15(19)5-7-17(20-11)21-18(24)14-8-13(4-6-16(14)27-3)28(25,26)22-12-9-23(2)10-12/h4-8,12,22H,9-10H2,1-3H3,(H,20,21,24). The van der Waals surface area contributed by atoms with Crippen LogP contribution in [0.2, 0.25) is 0 Å². The first-order valence-corrected chi connectivity index (χ1v) is 10.0. The molecule has 1 aromatic heterocycles. The minimum Gasteiger partial charge on any atom is -0.496 e. The molecule has 0 atom stereocenters. The second kappa shape index (κ2) is 7.82. The molecule has 0 unspecified atom stereocenters. The number of amides is 1. The zero-order valence-corrected chi connectivity index (χ0v) is 16.5. The number of pyridine rings is 1. The van der Waals surface area contributed by atoms with E-state index in [0.29, 0.717) is 13.1 Å². The number of aryl methyl sites for hydroxylation is 1. The van der Waals surface area contributed by atoms with E-state index in [9.17, 15) is 17.6 Å². The zero-order valence-electron chi connectivity index (χ0n) is 15.7. The minimum atomic E-state index is -3.79. The van der Waals surface area contributed by atoms with Gasteiger partial charge in [-0.15, -0.1) is 0 Å². The van der Waals surface area contributed by atoms with Crippen LogP contribution in [0.5, 0.6) is 5.75 Å². The number of likely N-dealkylation sites (tertiary alicyclic amines) is 1. The molecule has 1 amide bonds. The van der Waals surface area contributed by atoms with Crippen molar-refractivity contribution in [1.29, 1.82) is 0 Å². The molecule has 0 aliphatic carbocycles. The Morgan fingerprint density at radius 2 is 2.00 bits per heavy atom. The monoisotopic (exact) mass is 408 g/mol. The number of benzene rings is 1. The fourth-order valence-corrected chi connectivity index (χ4v) is 4.13. The Morgan fingerprint density at radius 1 is 1.29 bits per heavy atom. The molecule has 10 heteroatoms. The Balaban J connectivity index is 1.85. The average Bonchev–Trinajstić information content (AvgIpc) is 2.62. The Hall–Kier alpha value is -2.56. The molecule has 0 spiro atoms. The van der Waals surface area contributed by atoms with Gasteiger partial charge in [-0.3, -0.25) is 4.79 Å². The predicted molar refractivity (Wildman–Crippen MR) is 101 cm³/mol. The SMILES string of the molecule is COc1ccc(S(=O)(=O)NC2CN(C)C2)cc1C(=O)Nc1ccc(F)c(C)n1. The number of anilines is 1. The van der Waals surface area contributed by atoms with Crippen LogP contribution in [0.25, 0.3) is 0 Å². The highest BCUT2D eigenvalue weighted by Gasteiger charge is 2.29. The number of likely N-dealkylation sites (N-methyl/N-ethyl adjacent to an activating group) is 1. The van der Waals surface area contributed by atoms with Crippen LogP contribution in [0.4, 0.5) is 10.2 Å². The normalized spacial score (nSPS) is 15.1. The Kier molecular flexibility index (Phi) is 5.64. The van der Waals surface area contributed by atoms with Gasteiger partial charge in [-0.1, -0.05) is 0 Å². The van der Waals surface area contributed by atoms with Crippen molar-refractivity contribution in [3.05, 3.63) is 47.4 Å². The number of sulfonamides is 1. The summed E-state index contributed by atoms with van der Waals surface area (Å²) in [6.07, 6.45) is 0. The van der Waals surface area contributed by atoms with E-state index < -0.39 is 21.7 Å². The fraction of sp³-hybridized carbons (Fsp3) is 0.333. The van der Waals surface area contributed by atoms with E-state index in [0.717, 1.165) is 0 Å². The summed E-state index contributed by atoms with van der Waals surface area (Å²) >= 11 is 0. The molecule has 1 saturated heterocycles. The number of carbonyl (C=O) groups is 1. The highest BCUT2D eigenvalue weighted by atomic mass is 32.2.